The van der Waals surface area contributed by atoms with Gasteiger partial charge in [0.2, 0.25) is 0 Å². The summed E-state index contributed by atoms with van der Waals surface area (Å²) < 4.78 is 6.24. The third kappa shape index (κ3) is 2.22. The van der Waals surface area contributed by atoms with Crippen LogP contribution in [0.1, 0.15) is 47.2 Å². The molecule has 0 saturated carbocycles. The van der Waals surface area contributed by atoms with Gasteiger partial charge in [0.15, 0.2) is 0 Å². The summed E-state index contributed by atoms with van der Waals surface area (Å²) in [5, 5.41) is 3.81. The van der Waals surface area contributed by atoms with Crippen LogP contribution in [0.2, 0.25) is 0 Å². The van der Waals surface area contributed by atoms with E-state index in [1.165, 1.54) is 34.4 Å². The monoisotopic (exact) mass is 293 g/mol. The zero-order valence-corrected chi connectivity index (χ0v) is 13.3. The van der Waals surface area contributed by atoms with Crippen LogP contribution in [0.15, 0.2) is 42.5 Å². The highest BCUT2D eigenvalue weighted by atomic mass is 16.5. The average Bonchev–Trinajstić information content (AvgIpc) is 2.54. The first-order chi connectivity index (χ1) is 10.7. The van der Waals surface area contributed by atoms with E-state index in [1.807, 2.05) is 0 Å². The van der Waals surface area contributed by atoms with Crippen LogP contribution in [0.25, 0.3) is 0 Å². The lowest BCUT2D eigenvalue weighted by Crippen LogP contribution is -2.36. The molecule has 3 atom stereocenters. The Balaban J connectivity index is 1.83. The summed E-state index contributed by atoms with van der Waals surface area (Å²) >= 11 is 0. The Kier molecular flexibility index (Phi) is 3.42. The Labute approximate surface area is 132 Å². The molecule has 2 aromatic rings. The smallest absolute Gasteiger partial charge is 0.0898 e. The fourth-order valence-corrected chi connectivity index (χ4v) is 4.18. The topological polar surface area (TPSA) is 21.3 Å². The largest absolute Gasteiger partial charge is 0.378 e. The highest BCUT2D eigenvalue weighted by molar-refractivity contribution is 5.61. The van der Waals surface area contributed by atoms with E-state index in [0.29, 0.717) is 12.0 Å². The van der Waals surface area contributed by atoms with Crippen molar-refractivity contribution in [1.82, 2.24) is 0 Å². The molecule has 2 heteroatoms. The SMILES string of the molecule is Cc1cc(C)c2c(c1)N[C@@H](c1ccccc1)[C@@H]1CCCO[C@H]21. The van der Waals surface area contributed by atoms with Crippen LogP contribution in [-0.4, -0.2) is 6.61 Å². The molecule has 2 aliphatic heterocycles. The van der Waals surface area contributed by atoms with Gasteiger partial charge in [-0.05, 0) is 49.4 Å². The maximum atomic E-state index is 6.24. The van der Waals surface area contributed by atoms with Gasteiger partial charge in [0, 0.05) is 23.8 Å². The van der Waals surface area contributed by atoms with Crippen LogP contribution in [-0.2, 0) is 4.74 Å². The molecule has 2 heterocycles. The van der Waals surface area contributed by atoms with Crippen LogP contribution < -0.4 is 5.32 Å². The second kappa shape index (κ2) is 5.44. The van der Waals surface area contributed by atoms with Gasteiger partial charge in [-0.2, -0.15) is 0 Å². The van der Waals surface area contributed by atoms with Crippen molar-refractivity contribution in [3.63, 3.8) is 0 Å². The second-order valence-electron chi connectivity index (χ2n) is 6.67. The standard InChI is InChI=1S/C20H23NO/c1-13-11-14(2)18-17(12-13)21-19(15-7-4-3-5-8-15)16-9-6-10-22-20(16)18/h3-5,7-8,11-12,16,19-21H,6,9-10H2,1-2H3/t16-,19-,20-/m0/s1. The van der Waals surface area contributed by atoms with E-state index < -0.39 is 0 Å². The molecule has 0 bridgehead atoms. The van der Waals surface area contributed by atoms with Gasteiger partial charge < -0.3 is 10.1 Å². The Bertz CT molecular complexity index is 680. The number of fused-ring (bicyclic) bond motifs is 3. The van der Waals surface area contributed by atoms with E-state index in [-0.39, 0.29) is 6.10 Å². The van der Waals surface area contributed by atoms with Crippen molar-refractivity contribution < 1.29 is 4.74 Å². The van der Waals surface area contributed by atoms with Crippen LogP contribution in [0.4, 0.5) is 5.69 Å². The summed E-state index contributed by atoms with van der Waals surface area (Å²) in [6, 6.07) is 15.7. The lowest BCUT2D eigenvalue weighted by Gasteiger charge is -2.44. The Morgan fingerprint density at radius 1 is 1.09 bits per heavy atom. The quantitative estimate of drug-likeness (QED) is 0.804. The number of ether oxygens (including phenoxy) is 1. The van der Waals surface area contributed by atoms with E-state index in [4.69, 9.17) is 4.74 Å². The van der Waals surface area contributed by atoms with Gasteiger partial charge in [-0.15, -0.1) is 0 Å². The van der Waals surface area contributed by atoms with Gasteiger partial charge in [0.05, 0.1) is 12.1 Å². The molecule has 4 rings (SSSR count). The molecule has 1 N–H and O–H groups in total. The summed E-state index contributed by atoms with van der Waals surface area (Å²) in [4.78, 5) is 0. The van der Waals surface area contributed by atoms with Gasteiger partial charge >= 0.3 is 0 Å². The van der Waals surface area contributed by atoms with Crippen LogP contribution >= 0.6 is 0 Å². The maximum absolute atomic E-state index is 6.24. The molecule has 0 aliphatic carbocycles. The highest BCUT2D eigenvalue weighted by Crippen LogP contribution is 2.50. The molecule has 2 nitrogen and oxygen atoms in total. The first-order valence-corrected chi connectivity index (χ1v) is 8.28. The van der Waals surface area contributed by atoms with E-state index in [9.17, 15) is 0 Å². The Morgan fingerprint density at radius 2 is 1.91 bits per heavy atom. The highest BCUT2D eigenvalue weighted by Gasteiger charge is 2.40. The van der Waals surface area contributed by atoms with E-state index in [1.54, 1.807) is 0 Å². The van der Waals surface area contributed by atoms with Crippen molar-refractivity contribution in [1.29, 1.82) is 0 Å². The second-order valence-corrected chi connectivity index (χ2v) is 6.67. The minimum absolute atomic E-state index is 0.232. The first-order valence-electron chi connectivity index (χ1n) is 8.28. The first kappa shape index (κ1) is 13.8. The normalized spacial score (nSPS) is 26.7. The molecule has 22 heavy (non-hydrogen) atoms. The van der Waals surface area contributed by atoms with Crippen LogP contribution in [0.3, 0.4) is 0 Å². The lowest BCUT2D eigenvalue weighted by molar-refractivity contribution is -0.0384. The molecule has 1 saturated heterocycles. The van der Waals surface area contributed by atoms with Crippen LogP contribution in [0.5, 0.6) is 0 Å². The fraction of sp³-hybridized carbons (Fsp3) is 0.400. The fourth-order valence-electron chi connectivity index (χ4n) is 4.18. The van der Waals surface area contributed by atoms with E-state index in [0.717, 1.165) is 13.0 Å². The number of rotatable bonds is 1. The van der Waals surface area contributed by atoms with Gasteiger partial charge in [0.25, 0.3) is 0 Å². The van der Waals surface area contributed by atoms with Crippen molar-refractivity contribution in [2.45, 2.75) is 38.8 Å². The third-order valence-corrected chi connectivity index (χ3v) is 5.08. The predicted molar refractivity (Wildman–Crippen MR) is 90.1 cm³/mol. The van der Waals surface area contributed by atoms with E-state index in [2.05, 4.69) is 61.6 Å². The summed E-state index contributed by atoms with van der Waals surface area (Å²) in [5.74, 6) is 0.519. The number of hydrogen-bond donors (Lipinski definition) is 1. The Hall–Kier alpha value is -1.80. The van der Waals surface area contributed by atoms with Gasteiger partial charge in [-0.3, -0.25) is 0 Å². The molecule has 1 fully saturated rings. The minimum Gasteiger partial charge on any atom is -0.378 e. The summed E-state index contributed by atoms with van der Waals surface area (Å²) in [6.45, 7) is 5.26. The third-order valence-electron chi connectivity index (χ3n) is 5.08. The maximum Gasteiger partial charge on any atom is 0.0898 e. The van der Waals surface area contributed by atoms with Crippen molar-refractivity contribution in [3.05, 3.63) is 64.7 Å². The number of hydrogen-bond acceptors (Lipinski definition) is 2. The molecule has 0 spiro atoms. The number of nitrogens with one attached hydrogen (secondary N) is 1. The predicted octanol–water partition coefficient (Wildman–Crippen LogP) is 4.94. The molecule has 0 radical (unpaired) electrons. The molecule has 114 valence electrons. The molecular formula is C20H23NO. The average molecular weight is 293 g/mol. The Morgan fingerprint density at radius 3 is 2.73 bits per heavy atom. The molecule has 0 unspecified atom stereocenters. The van der Waals surface area contributed by atoms with E-state index >= 15 is 0 Å². The molecule has 2 aromatic carbocycles. The molecule has 2 aliphatic rings. The summed E-state index contributed by atoms with van der Waals surface area (Å²) in [5.41, 5.74) is 6.67. The van der Waals surface area contributed by atoms with Crippen molar-refractivity contribution in [2.75, 3.05) is 11.9 Å². The molecule has 0 amide bonds. The molecule has 0 aromatic heterocycles. The van der Waals surface area contributed by atoms with Gasteiger partial charge in [-0.1, -0.05) is 36.4 Å². The summed E-state index contributed by atoms with van der Waals surface area (Å²) in [6.07, 6.45) is 2.62. The lowest BCUT2D eigenvalue weighted by atomic mass is 9.76. The summed E-state index contributed by atoms with van der Waals surface area (Å²) in [7, 11) is 0. The number of benzene rings is 2. The van der Waals surface area contributed by atoms with Gasteiger partial charge in [-0.25, -0.2) is 0 Å². The van der Waals surface area contributed by atoms with Crippen LogP contribution in [0, 0.1) is 19.8 Å². The number of anilines is 1. The minimum atomic E-state index is 0.232. The molecular weight excluding hydrogens is 270 g/mol. The van der Waals surface area contributed by atoms with Crippen molar-refractivity contribution >= 4 is 5.69 Å². The zero-order valence-electron chi connectivity index (χ0n) is 13.3. The van der Waals surface area contributed by atoms with Crippen molar-refractivity contribution in [3.8, 4) is 0 Å². The van der Waals surface area contributed by atoms with Crippen molar-refractivity contribution in [2.24, 2.45) is 5.92 Å². The number of aryl methyl sites for hydroxylation is 2. The van der Waals surface area contributed by atoms with Gasteiger partial charge in [0.1, 0.15) is 0 Å². The zero-order chi connectivity index (χ0) is 15.1.